The fraction of sp³-hybridized carbons (Fsp3) is 0.571. The van der Waals surface area contributed by atoms with Crippen LogP contribution in [0, 0.1) is 5.82 Å². The second-order valence-corrected chi connectivity index (χ2v) is 5.62. The number of piperazine rings is 1. The lowest BCUT2D eigenvalue weighted by Crippen LogP contribution is -2.46. The fourth-order valence-electron chi connectivity index (χ4n) is 2.42. The van der Waals surface area contributed by atoms with Gasteiger partial charge in [-0.05, 0) is 24.7 Å². The Labute approximate surface area is 119 Å². The number of nitrogens with two attached hydrogens (primary N) is 1. The molecule has 1 aliphatic rings. The van der Waals surface area contributed by atoms with Crippen LogP contribution in [0.4, 0.5) is 4.39 Å². The van der Waals surface area contributed by atoms with Crippen molar-refractivity contribution in [2.24, 2.45) is 5.73 Å². The van der Waals surface area contributed by atoms with Crippen LogP contribution in [0.3, 0.4) is 0 Å². The highest BCUT2D eigenvalue weighted by atomic mass is 35.5. The fourth-order valence-corrected chi connectivity index (χ4v) is 2.61. The van der Waals surface area contributed by atoms with Gasteiger partial charge in [-0.15, -0.1) is 0 Å². The van der Waals surface area contributed by atoms with Crippen molar-refractivity contribution in [3.8, 4) is 0 Å². The summed E-state index contributed by atoms with van der Waals surface area (Å²) in [6.45, 7) is 5.74. The van der Waals surface area contributed by atoms with Gasteiger partial charge in [-0.1, -0.05) is 17.7 Å². The topological polar surface area (TPSA) is 32.5 Å². The number of rotatable bonds is 4. The summed E-state index contributed by atoms with van der Waals surface area (Å²) in [6, 6.07) is 4.91. The van der Waals surface area contributed by atoms with E-state index in [4.69, 9.17) is 17.3 Å². The molecule has 2 N–H and O–H groups in total. The molecule has 1 unspecified atom stereocenters. The third kappa shape index (κ3) is 3.89. The minimum atomic E-state index is -0.374. The number of halogens is 2. The maximum atomic E-state index is 13.2. The first-order valence-electron chi connectivity index (χ1n) is 6.66. The summed E-state index contributed by atoms with van der Waals surface area (Å²) in [5, 5.41) is 0.175. The zero-order chi connectivity index (χ0) is 13.8. The minimum Gasteiger partial charge on any atom is -0.330 e. The standard InChI is InChI=1S/C14H21ClFN3/c1-18-4-6-19(7-5-18)10-12(9-17)11-2-3-14(16)13(15)8-11/h2-3,8,12H,4-7,9-10,17H2,1H3. The molecule has 5 heteroatoms. The molecule has 0 saturated carbocycles. The number of nitrogens with zero attached hydrogens (tertiary/aromatic N) is 2. The van der Waals surface area contributed by atoms with Crippen molar-refractivity contribution in [1.29, 1.82) is 0 Å². The van der Waals surface area contributed by atoms with Crippen molar-refractivity contribution in [3.05, 3.63) is 34.6 Å². The lowest BCUT2D eigenvalue weighted by molar-refractivity contribution is 0.147. The average molecular weight is 286 g/mol. The van der Waals surface area contributed by atoms with Crippen molar-refractivity contribution < 1.29 is 4.39 Å². The van der Waals surface area contributed by atoms with E-state index in [2.05, 4.69) is 16.8 Å². The lowest BCUT2D eigenvalue weighted by atomic mass is 9.98. The Kier molecular flexibility index (Phi) is 5.16. The van der Waals surface area contributed by atoms with E-state index >= 15 is 0 Å². The van der Waals surface area contributed by atoms with Gasteiger partial charge < -0.3 is 15.5 Å². The smallest absolute Gasteiger partial charge is 0.141 e. The van der Waals surface area contributed by atoms with Crippen molar-refractivity contribution in [3.63, 3.8) is 0 Å². The van der Waals surface area contributed by atoms with Gasteiger partial charge >= 0.3 is 0 Å². The van der Waals surface area contributed by atoms with Crippen molar-refractivity contribution in [1.82, 2.24) is 9.80 Å². The molecule has 1 saturated heterocycles. The molecule has 1 aliphatic heterocycles. The van der Waals surface area contributed by atoms with Crippen LogP contribution in [-0.4, -0.2) is 56.1 Å². The van der Waals surface area contributed by atoms with Crippen LogP contribution in [0.2, 0.25) is 5.02 Å². The number of benzene rings is 1. The Morgan fingerprint density at radius 2 is 2.00 bits per heavy atom. The van der Waals surface area contributed by atoms with Crippen LogP contribution in [0.25, 0.3) is 0 Å². The summed E-state index contributed by atoms with van der Waals surface area (Å²) in [5.41, 5.74) is 6.88. The third-order valence-corrected chi connectivity index (χ3v) is 4.06. The van der Waals surface area contributed by atoms with Gasteiger partial charge in [0.25, 0.3) is 0 Å². The zero-order valence-corrected chi connectivity index (χ0v) is 12.0. The molecule has 1 fully saturated rings. The van der Waals surface area contributed by atoms with Gasteiger partial charge in [0.1, 0.15) is 5.82 Å². The first-order chi connectivity index (χ1) is 9.10. The normalized spacial score (nSPS) is 19.6. The molecule has 0 aromatic heterocycles. The Hall–Kier alpha value is -0.680. The molecule has 0 radical (unpaired) electrons. The first-order valence-corrected chi connectivity index (χ1v) is 7.04. The maximum Gasteiger partial charge on any atom is 0.141 e. The highest BCUT2D eigenvalue weighted by Gasteiger charge is 2.19. The summed E-state index contributed by atoms with van der Waals surface area (Å²) in [5.74, 6) is -0.165. The van der Waals surface area contributed by atoms with Crippen LogP contribution < -0.4 is 5.73 Å². The van der Waals surface area contributed by atoms with Crippen LogP contribution in [-0.2, 0) is 0 Å². The van der Waals surface area contributed by atoms with E-state index in [1.807, 2.05) is 0 Å². The summed E-state index contributed by atoms with van der Waals surface area (Å²) >= 11 is 5.84. The number of hydrogen-bond acceptors (Lipinski definition) is 3. The van der Waals surface area contributed by atoms with E-state index < -0.39 is 0 Å². The van der Waals surface area contributed by atoms with E-state index in [0.29, 0.717) is 6.54 Å². The molecule has 19 heavy (non-hydrogen) atoms. The summed E-state index contributed by atoms with van der Waals surface area (Å²) < 4.78 is 13.2. The second kappa shape index (κ2) is 6.66. The first kappa shape index (κ1) is 14.7. The van der Waals surface area contributed by atoms with Crippen molar-refractivity contribution >= 4 is 11.6 Å². The molecule has 1 aromatic rings. The Bertz CT molecular complexity index is 419. The second-order valence-electron chi connectivity index (χ2n) is 5.21. The monoisotopic (exact) mass is 285 g/mol. The van der Waals surface area contributed by atoms with E-state index in [1.165, 1.54) is 6.07 Å². The third-order valence-electron chi connectivity index (χ3n) is 3.77. The largest absolute Gasteiger partial charge is 0.330 e. The van der Waals surface area contributed by atoms with Crippen molar-refractivity contribution in [2.45, 2.75) is 5.92 Å². The number of likely N-dealkylation sites (N-methyl/N-ethyl adjacent to an activating group) is 1. The van der Waals surface area contributed by atoms with E-state index in [9.17, 15) is 4.39 Å². The molecular formula is C14H21ClFN3. The highest BCUT2D eigenvalue weighted by Crippen LogP contribution is 2.23. The predicted molar refractivity (Wildman–Crippen MR) is 77.1 cm³/mol. The van der Waals surface area contributed by atoms with Gasteiger partial charge in [-0.3, -0.25) is 0 Å². The van der Waals surface area contributed by atoms with Gasteiger partial charge in [0.05, 0.1) is 5.02 Å². The van der Waals surface area contributed by atoms with Gasteiger partial charge in [0, 0.05) is 45.2 Å². The molecule has 1 aromatic carbocycles. The number of hydrogen-bond donors (Lipinski definition) is 1. The predicted octanol–water partition coefficient (Wildman–Crippen LogP) is 1.77. The van der Waals surface area contributed by atoms with Crippen LogP contribution in [0.5, 0.6) is 0 Å². The van der Waals surface area contributed by atoms with Gasteiger partial charge in [-0.25, -0.2) is 4.39 Å². The maximum absolute atomic E-state index is 13.2. The molecule has 0 spiro atoms. The quantitative estimate of drug-likeness (QED) is 0.915. The molecular weight excluding hydrogens is 265 g/mol. The van der Waals surface area contributed by atoms with Crippen LogP contribution in [0.15, 0.2) is 18.2 Å². The van der Waals surface area contributed by atoms with Crippen LogP contribution >= 0.6 is 11.6 Å². The zero-order valence-electron chi connectivity index (χ0n) is 11.3. The van der Waals surface area contributed by atoms with E-state index in [0.717, 1.165) is 38.3 Å². The lowest BCUT2D eigenvalue weighted by Gasteiger charge is -2.34. The van der Waals surface area contributed by atoms with E-state index in [-0.39, 0.29) is 16.8 Å². The van der Waals surface area contributed by atoms with Crippen molar-refractivity contribution in [2.75, 3.05) is 46.3 Å². The molecule has 0 bridgehead atoms. The van der Waals surface area contributed by atoms with Gasteiger partial charge in [0.15, 0.2) is 0 Å². The molecule has 0 amide bonds. The summed E-state index contributed by atoms with van der Waals surface area (Å²) in [7, 11) is 2.14. The molecule has 1 atom stereocenters. The SMILES string of the molecule is CN1CCN(CC(CN)c2ccc(F)c(Cl)c2)CC1. The molecule has 3 nitrogen and oxygen atoms in total. The van der Waals surface area contributed by atoms with Gasteiger partial charge in [0.2, 0.25) is 0 Å². The highest BCUT2D eigenvalue weighted by molar-refractivity contribution is 6.30. The average Bonchev–Trinajstić information content (AvgIpc) is 2.41. The summed E-state index contributed by atoms with van der Waals surface area (Å²) in [4.78, 5) is 4.73. The molecule has 1 heterocycles. The Balaban J connectivity index is 2.01. The minimum absolute atomic E-state index is 0.175. The Morgan fingerprint density at radius 1 is 1.32 bits per heavy atom. The van der Waals surface area contributed by atoms with Gasteiger partial charge in [-0.2, -0.15) is 0 Å². The van der Waals surface area contributed by atoms with Crippen LogP contribution in [0.1, 0.15) is 11.5 Å². The molecule has 0 aliphatic carbocycles. The summed E-state index contributed by atoms with van der Waals surface area (Å²) in [6.07, 6.45) is 0. The molecule has 106 valence electrons. The molecule has 2 rings (SSSR count). The van der Waals surface area contributed by atoms with E-state index in [1.54, 1.807) is 12.1 Å². The Morgan fingerprint density at radius 3 is 2.58 bits per heavy atom.